The van der Waals surface area contributed by atoms with Crippen molar-refractivity contribution in [1.29, 1.82) is 0 Å². The van der Waals surface area contributed by atoms with Gasteiger partial charge in [-0.3, -0.25) is 0 Å². The van der Waals surface area contributed by atoms with Gasteiger partial charge in [0, 0.05) is 6.61 Å². The molecular formula is C9H16N2O. The van der Waals surface area contributed by atoms with Gasteiger partial charge in [-0.2, -0.15) is 0 Å². The molecule has 0 saturated heterocycles. The predicted molar refractivity (Wildman–Crippen MR) is 49.4 cm³/mol. The monoisotopic (exact) mass is 168 g/mol. The van der Waals surface area contributed by atoms with Crippen molar-refractivity contribution in [3.8, 4) is 0 Å². The lowest BCUT2D eigenvalue weighted by Crippen LogP contribution is -2.58. The smallest absolute Gasteiger partial charge is 0.114 e. The normalized spacial score (nSPS) is 26.1. The second-order valence-electron chi connectivity index (χ2n) is 3.04. The summed E-state index contributed by atoms with van der Waals surface area (Å²) in [6.45, 7) is 2.75. The third-order valence-electron chi connectivity index (χ3n) is 1.78. The van der Waals surface area contributed by atoms with Crippen LogP contribution in [-0.4, -0.2) is 18.4 Å². The molecule has 0 saturated carbocycles. The van der Waals surface area contributed by atoms with E-state index in [1.54, 1.807) is 6.08 Å². The van der Waals surface area contributed by atoms with E-state index in [2.05, 4.69) is 6.92 Å². The first-order chi connectivity index (χ1) is 5.67. The highest BCUT2D eigenvalue weighted by Gasteiger charge is 2.27. The molecule has 1 rings (SSSR count). The Morgan fingerprint density at radius 3 is 2.75 bits per heavy atom. The van der Waals surface area contributed by atoms with Crippen LogP contribution in [-0.2, 0) is 4.74 Å². The van der Waals surface area contributed by atoms with E-state index in [1.807, 2.05) is 18.2 Å². The molecule has 4 N–H and O–H groups in total. The molecule has 0 amide bonds. The zero-order valence-electron chi connectivity index (χ0n) is 7.36. The minimum atomic E-state index is -0.843. The average molecular weight is 168 g/mol. The summed E-state index contributed by atoms with van der Waals surface area (Å²) in [5.41, 5.74) is 10.7. The van der Waals surface area contributed by atoms with Crippen molar-refractivity contribution in [2.45, 2.75) is 25.1 Å². The third kappa shape index (κ3) is 2.17. The van der Waals surface area contributed by atoms with Gasteiger partial charge in [0.1, 0.15) is 11.8 Å². The zero-order chi connectivity index (χ0) is 9.03. The van der Waals surface area contributed by atoms with Crippen LogP contribution in [0.15, 0.2) is 24.3 Å². The summed E-state index contributed by atoms with van der Waals surface area (Å²) in [4.78, 5) is 0. The van der Waals surface area contributed by atoms with E-state index < -0.39 is 5.66 Å². The first-order valence-electron chi connectivity index (χ1n) is 4.22. The predicted octanol–water partition coefficient (Wildman–Crippen LogP) is 0.521. The van der Waals surface area contributed by atoms with E-state index in [0.29, 0.717) is 6.61 Å². The third-order valence-corrected chi connectivity index (χ3v) is 1.78. The molecule has 0 heterocycles. The standard InChI is InChI=1S/C9H16N2O/c1-2-7-12-8-5-3-4-6-9(8,10)11/h3-6,8H,2,7,10-11H2,1H3. The van der Waals surface area contributed by atoms with Gasteiger partial charge >= 0.3 is 0 Å². The van der Waals surface area contributed by atoms with Gasteiger partial charge in [0.15, 0.2) is 0 Å². The van der Waals surface area contributed by atoms with Crippen LogP contribution in [0.2, 0.25) is 0 Å². The maximum atomic E-state index is 5.78. The van der Waals surface area contributed by atoms with Crippen LogP contribution in [0, 0.1) is 0 Å². The minimum Gasteiger partial charge on any atom is -0.370 e. The zero-order valence-corrected chi connectivity index (χ0v) is 7.36. The number of allylic oxidation sites excluding steroid dienone is 2. The molecule has 1 aliphatic carbocycles. The van der Waals surface area contributed by atoms with Gasteiger partial charge in [0.25, 0.3) is 0 Å². The number of hydrogen-bond acceptors (Lipinski definition) is 3. The molecule has 0 aliphatic heterocycles. The van der Waals surface area contributed by atoms with Crippen LogP contribution in [0.3, 0.4) is 0 Å². The maximum absolute atomic E-state index is 5.78. The van der Waals surface area contributed by atoms with Crippen molar-refractivity contribution < 1.29 is 4.74 Å². The molecule has 0 radical (unpaired) electrons. The highest BCUT2D eigenvalue weighted by Crippen LogP contribution is 2.13. The van der Waals surface area contributed by atoms with E-state index >= 15 is 0 Å². The Balaban J connectivity index is 2.52. The molecular weight excluding hydrogens is 152 g/mol. The van der Waals surface area contributed by atoms with Crippen molar-refractivity contribution in [1.82, 2.24) is 0 Å². The molecule has 12 heavy (non-hydrogen) atoms. The first kappa shape index (κ1) is 9.45. The van der Waals surface area contributed by atoms with Gasteiger partial charge < -0.3 is 16.2 Å². The Hall–Kier alpha value is -0.640. The van der Waals surface area contributed by atoms with Crippen LogP contribution in [0.5, 0.6) is 0 Å². The van der Waals surface area contributed by atoms with E-state index in [4.69, 9.17) is 16.2 Å². The summed E-state index contributed by atoms with van der Waals surface area (Å²) in [6, 6.07) is 0. The fourth-order valence-corrected chi connectivity index (χ4v) is 1.09. The summed E-state index contributed by atoms with van der Waals surface area (Å²) >= 11 is 0. The number of nitrogens with two attached hydrogens (primary N) is 2. The van der Waals surface area contributed by atoms with Crippen LogP contribution in [0.4, 0.5) is 0 Å². The summed E-state index contributed by atoms with van der Waals surface area (Å²) < 4.78 is 5.46. The molecule has 1 atom stereocenters. The summed E-state index contributed by atoms with van der Waals surface area (Å²) in [5, 5.41) is 0. The lowest BCUT2D eigenvalue weighted by molar-refractivity contribution is 0.0472. The van der Waals surface area contributed by atoms with Gasteiger partial charge in [-0.15, -0.1) is 0 Å². The molecule has 3 heteroatoms. The minimum absolute atomic E-state index is 0.192. The fourth-order valence-electron chi connectivity index (χ4n) is 1.09. The van der Waals surface area contributed by atoms with Crippen LogP contribution in [0.1, 0.15) is 13.3 Å². The number of ether oxygens (including phenoxy) is 1. The molecule has 1 unspecified atom stereocenters. The lowest BCUT2D eigenvalue weighted by Gasteiger charge is -2.30. The van der Waals surface area contributed by atoms with Gasteiger partial charge in [0.05, 0.1) is 0 Å². The molecule has 0 bridgehead atoms. The number of hydrogen-bond donors (Lipinski definition) is 2. The Morgan fingerprint density at radius 2 is 2.17 bits per heavy atom. The van der Waals surface area contributed by atoms with Crippen LogP contribution in [0.25, 0.3) is 0 Å². The molecule has 0 aromatic heterocycles. The topological polar surface area (TPSA) is 61.3 Å². The van der Waals surface area contributed by atoms with Crippen LogP contribution < -0.4 is 11.5 Å². The summed E-state index contributed by atoms with van der Waals surface area (Å²) in [5.74, 6) is 0. The lowest BCUT2D eigenvalue weighted by atomic mass is 10.00. The molecule has 68 valence electrons. The molecule has 3 nitrogen and oxygen atoms in total. The Bertz CT molecular complexity index is 197. The largest absolute Gasteiger partial charge is 0.370 e. The van der Waals surface area contributed by atoms with E-state index in [9.17, 15) is 0 Å². The van der Waals surface area contributed by atoms with Crippen molar-refractivity contribution in [2.24, 2.45) is 11.5 Å². The summed E-state index contributed by atoms with van der Waals surface area (Å²) in [7, 11) is 0. The van der Waals surface area contributed by atoms with Gasteiger partial charge in [-0.1, -0.05) is 25.2 Å². The number of rotatable bonds is 3. The van der Waals surface area contributed by atoms with E-state index in [0.717, 1.165) is 6.42 Å². The van der Waals surface area contributed by atoms with Crippen molar-refractivity contribution in [3.05, 3.63) is 24.3 Å². The Labute approximate surface area is 73.1 Å². The van der Waals surface area contributed by atoms with Crippen molar-refractivity contribution in [2.75, 3.05) is 6.61 Å². The molecule has 0 fully saturated rings. The fraction of sp³-hybridized carbons (Fsp3) is 0.556. The van der Waals surface area contributed by atoms with E-state index in [1.165, 1.54) is 0 Å². The molecule has 0 spiro atoms. The highest BCUT2D eigenvalue weighted by molar-refractivity contribution is 5.23. The van der Waals surface area contributed by atoms with E-state index in [-0.39, 0.29) is 6.10 Å². The van der Waals surface area contributed by atoms with Crippen LogP contribution >= 0.6 is 0 Å². The Kier molecular flexibility index (Phi) is 3.03. The highest BCUT2D eigenvalue weighted by atomic mass is 16.5. The molecule has 0 aromatic rings. The Morgan fingerprint density at radius 1 is 1.42 bits per heavy atom. The first-order valence-corrected chi connectivity index (χ1v) is 4.22. The second-order valence-corrected chi connectivity index (χ2v) is 3.04. The molecule has 1 aliphatic rings. The van der Waals surface area contributed by atoms with Crippen molar-refractivity contribution in [3.63, 3.8) is 0 Å². The van der Waals surface area contributed by atoms with Crippen molar-refractivity contribution >= 4 is 0 Å². The second kappa shape index (κ2) is 3.85. The van der Waals surface area contributed by atoms with Gasteiger partial charge in [0.2, 0.25) is 0 Å². The summed E-state index contributed by atoms with van der Waals surface area (Å²) in [6.07, 6.45) is 8.17. The SMILES string of the molecule is CCCOC1C=CC=CC1(N)N. The maximum Gasteiger partial charge on any atom is 0.114 e. The quantitative estimate of drug-likeness (QED) is 0.604. The van der Waals surface area contributed by atoms with Gasteiger partial charge in [-0.05, 0) is 12.5 Å². The average Bonchev–Trinajstić information content (AvgIpc) is 2.02. The molecule has 0 aromatic carbocycles. The van der Waals surface area contributed by atoms with Gasteiger partial charge in [-0.25, -0.2) is 0 Å².